The van der Waals surface area contributed by atoms with Crippen LogP contribution in [0.15, 0.2) is 60.7 Å². The molecule has 0 aromatic heterocycles. The highest BCUT2D eigenvalue weighted by molar-refractivity contribution is 6.42. The molecule has 3 aromatic rings. The molecular formula is C26H24Cl3N3O3. The first kappa shape index (κ1) is 25.2. The van der Waals surface area contributed by atoms with Gasteiger partial charge in [0.1, 0.15) is 12.4 Å². The topological polar surface area (TPSA) is 70.7 Å². The molecular weight excluding hydrogens is 509 g/mol. The predicted octanol–water partition coefficient (Wildman–Crippen LogP) is 6.28. The van der Waals surface area contributed by atoms with Gasteiger partial charge in [-0.1, -0.05) is 59.9 Å². The Balaban J connectivity index is 1.38. The number of rotatable bonds is 8. The van der Waals surface area contributed by atoms with Gasteiger partial charge in [-0.3, -0.25) is 20.4 Å². The molecule has 0 saturated carbocycles. The van der Waals surface area contributed by atoms with Crippen LogP contribution in [0.4, 0.5) is 11.4 Å². The Morgan fingerprint density at radius 2 is 1.74 bits per heavy atom. The number of benzene rings is 3. The monoisotopic (exact) mass is 531 g/mol. The van der Waals surface area contributed by atoms with Gasteiger partial charge >= 0.3 is 0 Å². The molecule has 1 aliphatic rings. The first-order chi connectivity index (χ1) is 16.8. The molecule has 4 rings (SSSR count). The summed E-state index contributed by atoms with van der Waals surface area (Å²) in [6, 6.07) is 18.1. The summed E-state index contributed by atoms with van der Waals surface area (Å²) in [6.07, 6.45) is 1.06. The number of anilines is 2. The van der Waals surface area contributed by atoms with Crippen molar-refractivity contribution in [1.29, 1.82) is 0 Å². The maximum atomic E-state index is 12.8. The molecule has 0 spiro atoms. The Morgan fingerprint density at radius 3 is 2.46 bits per heavy atom. The fourth-order valence-electron chi connectivity index (χ4n) is 3.79. The first-order valence-electron chi connectivity index (χ1n) is 11.2. The zero-order chi connectivity index (χ0) is 24.9. The van der Waals surface area contributed by atoms with Crippen molar-refractivity contribution in [2.45, 2.75) is 26.4 Å². The maximum absolute atomic E-state index is 12.8. The molecule has 0 radical (unpaired) electrons. The molecule has 1 saturated heterocycles. The quantitative estimate of drug-likeness (QED) is 0.335. The molecule has 1 heterocycles. The van der Waals surface area contributed by atoms with Crippen molar-refractivity contribution in [1.82, 2.24) is 5.43 Å². The van der Waals surface area contributed by atoms with Crippen molar-refractivity contribution >= 4 is 58.0 Å². The molecule has 1 fully saturated rings. The number of nitrogens with zero attached hydrogens (tertiary/aromatic N) is 1. The summed E-state index contributed by atoms with van der Waals surface area (Å²) in [6.45, 7) is 2.63. The van der Waals surface area contributed by atoms with E-state index < -0.39 is 5.92 Å². The number of nitrogens with one attached hydrogen (secondary N) is 2. The van der Waals surface area contributed by atoms with Crippen LogP contribution < -0.4 is 20.5 Å². The lowest BCUT2D eigenvalue weighted by atomic mass is 10.1. The average Bonchev–Trinajstić information content (AvgIpc) is 3.25. The molecule has 0 aliphatic carbocycles. The minimum Gasteiger partial charge on any atom is -0.487 e. The van der Waals surface area contributed by atoms with E-state index in [9.17, 15) is 9.59 Å². The Kier molecular flexibility index (Phi) is 8.06. The summed E-state index contributed by atoms with van der Waals surface area (Å²) in [5, 5.41) is 1.38. The van der Waals surface area contributed by atoms with E-state index in [0.717, 1.165) is 17.7 Å². The van der Waals surface area contributed by atoms with Crippen LogP contribution in [0.3, 0.4) is 0 Å². The summed E-state index contributed by atoms with van der Waals surface area (Å²) >= 11 is 18.2. The lowest BCUT2D eigenvalue weighted by Crippen LogP contribution is -2.36. The zero-order valence-corrected chi connectivity index (χ0v) is 21.3. The number of amides is 2. The lowest BCUT2D eigenvalue weighted by molar-refractivity contribution is -0.125. The number of carbonyl (C=O) groups excluding carboxylic acids is 2. The second-order valence-electron chi connectivity index (χ2n) is 8.22. The van der Waals surface area contributed by atoms with Crippen LogP contribution in [0.5, 0.6) is 5.75 Å². The van der Waals surface area contributed by atoms with E-state index in [1.165, 1.54) is 5.56 Å². The summed E-state index contributed by atoms with van der Waals surface area (Å²) in [4.78, 5) is 27.0. The van der Waals surface area contributed by atoms with Gasteiger partial charge in [0.25, 0.3) is 0 Å². The van der Waals surface area contributed by atoms with E-state index in [1.807, 2.05) is 30.3 Å². The highest BCUT2D eigenvalue weighted by Gasteiger charge is 2.35. The largest absolute Gasteiger partial charge is 0.487 e. The number of hydrogen-bond donors (Lipinski definition) is 2. The van der Waals surface area contributed by atoms with Crippen LogP contribution in [0.25, 0.3) is 0 Å². The van der Waals surface area contributed by atoms with Crippen LogP contribution in [0, 0.1) is 5.92 Å². The molecule has 35 heavy (non-hydrogen) atoms. The lowest BCUT2D eigenvalue weighted by Gasteiger charge is -2.18. The Morgan fingerprint density at radius 1 is 1.00 bits per heavy atom. The number of hydrazine groups is 1. The van der Waals surface area contributed by atoms with Crippen LogP contribution in [-0.2, 0) is 22.6 Å². The molecule has 9 heteroatoms. The van der Waals surface area contributed by atoms with Gasteiger partial charge in [-0.2, -0.15) is 0 Å². The van der Waals surface area contributed by atoms with Gasteiger partial charge in [-0.05, 0) is 60.0 Å². The van der Waals surface area contributed by atoms with Gasteiger partial charge in [-0.15, -0.1) is 0 Å². The van der Waals surface area contributed by atoms with E-state index in [2.05, 4.69) is 17.8 Å². The SMILES string of the molecule is CCc1ccc(N2C[C@H](C(=O)NNc3cc(Cl)ccc3OCc3ccc(Cl)c(Cl)c3)CC2=O)cc1. The van der Waals surface area contributed by atoms with Crippen LogP contribution >= 0.6 is 34.8 Å². The normalized spacial score (nSPS) is 15.3. The molecule has 1 aliphatic heterocycles. The van der Waals surface area contributed by atoms with Crippen molar-refractivity contribution in [3.63, 3.8) is 0 Å². The van der Waals surface area contributed by atoms with Crippen LogP contribution in [0.2, 0.25) is 15.1 Å². The fraction of sp³-hybridized carbons (Fsp3) is 0.231. The number of ether oxygens (including phenoxy) is 1. The van der Waals surface area contributed by atoms with Crippen molar-refractivity contribution in [3.8, 4) is 5.75 Å². The maximum Gasteiger partial charge on any atom is 0.243 e. The van der Waals surface area contributed by atoms with E-state index in [0.29, 0.717) is 33.0 Å². The van der Waals surface area contributed by atoms with Crippen LogP contribution in [-0.4, -0.2) is 18.4 Å². The Labute approximate surface area is 219 Å². The minimum atomic E-state index is -0.486. The summed E-state index contributed by atoms with van der Waals surface area (Å²) in [7, 11) is 0. The average molecular weight is 533 g/mol. The highest BCUT2D eigenvalue weighted by atomic mass is 35.5. The van der Waals surface area contributed by atoms with Gasteiger partial charge in [0.05, 0.1) is 21.7 Å². The molecule has 0 bridgehead atoms. The zero-order valence-electron chi connectivity index (χ0n) is 19.0. The van der Waals surface area contributed by atoms with Gasteiger partial charge in [-0.25, -0.2) is 0 Å². The third kappa shape index (κ3) is 6.20. The van der Waals surface area contributed by atoms with Crippen molar-refractivity contribution in [3.05, 3.63) is 86.9 Å². The molecule has 2 amide bonds. The van der Waals surface area contributed by atoms with Gasteiger partial charge in [0, 0.05) is 23.7 Å². The highest BCUT2D eigenvalue weighted by Crippen LogP contribution is 2.30. The number of carbonyl (C=O) groups is 2. The Bertz CT molecular complexity index is 1230. The molecule has 2 N–H and O–H groups in total. The number of halogens is 3. The van der Waals surface area contributed by atoms with Gasteiger partial charge in [0.2, 0.25) is 11.8 Å². The van der Waals surface area contributed by atoms with Crippen molar-refractivity contribution in [2.24, 2.45) is 5.92 Å². The summed E-state index contributed by atoms with van der Waals surface area (Å²) < 4.78 is 5.91. The smallest absolute Gasteiger partial charge is 0.243 e. The van der Waals surface area contributed by atoms with Crippen molar-refractivity contribution in [2.75, 3.05) is 16.9 Å². The molecule has 1 atom stereocenters. The standard InChI is InChI=1S/C26H24Cl3N3O3/c1-2-16-3-7-20(8-4-16)32-14-18(12-25(32)33)26(34)31-30-23-13-19(27)6-10-24(23)35-15-17-5-9-21(28)22(29)11-17/h3-11,13,18,30H,2,12,14-15H2,1H3,(H,31,34)/t18-/m1/s1. The second-order valence-corrected chi connectivity index (χ2v) is 9.47. The van der Waals surface area contributed by atoms with E-state index >= 15 is 0 Å². The molecule has 6 nitrogen and oxygen atoms in total. The third-order valence-electron chi connectivity index (χ3n) is 5.79. The van der Waals surface area contributed by atoms with E-state index in [4.69, 9.17) is 39.5 Å². The molecule has 0 unspecified atom stereocenters. The summed E-state index contributed by atoms with van der Waals surface area (Å²) in [5.74, 6) is -0.370. The van der Waals surface area contributed by atoms with Gasteiger partial charge < -0.3 is 9.64 Å². The third-order valence-corrected chi connectivity index (χ3v) is 6.77. The predicted molar refractivity (Wildman–Crippen MR) is 140 cm³/mol. The molecule has 182 valence electrons. The summed E-state index contributed by atoms with van der Waals surface area (Å²) in [5.41, 5.74) is 8.88. The Hall–Kier alpha value is -2.93. The van der Waals surface area contributed by atoms with E-state index in [-0.39, 0.29) is 24.8 Å². The second kappa shape index (κ2) is 11.2. The van der Waals surface area contributed by atoms with Crippen molar-refractivity contribution < 1.29 is 14.3 Å². The molecule has 3 aromatic carbocycles. The first-order valence-corrected chi connectivity index (χ1v) is 12.3. The fourth-order valence-corrected chi connectivity index (χ4v) is 4.28. The van der Waals surface area contributed by atoms with Gasteiger partial charge in [0.15, 0.2) is 0 Å². The number of hydrogen-bond acceptors (Lipinski definition) is 4. The van der Waals surface area contributed by atoms with E-state index in [1.54, 1.807) is 35.2 Å². The minimum absolute atomic E-state index is 0.0807. The number of aryl methyl sites for hydroxylation is 1. The van der Waals surface area contributed by atoms with Crippen LogP contribution in [0.1, 0.15) is 24.5 Å².